The van der Waals surface area contributed by atoms with Crippen molar-refractivity contribution in [2.75, 3.05) is 7.11 Å². The van der Waals surface area contributed by atoms with Gasteiger partial charge in [-0.2, -0.15) is 0 Å². The van der Waals surface area contributed by atoms with E-state index >= 15 is 0 Å². The van der Waals surface area contributed by atoms with Crippen LogP contribution in [0.5, 0.6) is 5.75 Å². The molecule has 1 aromatic rings. The molecule has 0 spiro atoms. The number of rotatable bonds is 3. The van der Waals surface area contributed by atoms with E-state index in [0.29, 0.717) is 0 Å². The number of carbonyl (C=O) groups is 1. The first-order chi connectivity index (χ1) is 6.97. The second-order valence-corrected chi connectivity index (χ2v) is 4.57. The third-order valence-corrected chi connectivity index (χ3v) is 3.55. The number of ketones is 1. The Morgan fingerprint density at radius 2 is 1.93 bits per heavy atom. The average Bonchev–Trinajstić information content (AvgIpc) is 2.19. The average molecular weight is 271 g/mol. The van der Waals surface area contributed by atoms with Gasteiger partial charge >= 0.3 is 0 Å². The van der Waals surface area contributed by atoms with Gasteiger partial charge in [0, 0.05) is 0 Å². The largest absolute Gasteiger partial charge is 0.496 e. The predicted molar refractivity (Wildman–Crippen MR) is 64.8 cm³/mol. The maximum Gasteiger partial charge on any atom is 0.147 e. The molecule has 0 aromatic heterocycles. The van der Waals surface area contributed by atoms with Gasteiger partial charge in [0.15, 0.2) is 0 Å². The fourth-order valence-corrected chi connectivity index (χ4v) is 2.02. The van der Waals surface area contributed by atoms with Crippen molar-refractivity contribution >= 4 is 21.7 Å². The van der Waals surface area contributed by atoms with E-state index in [9.17, 15) is 4.79 Å². The first-order valence-electron chi connectivity index (χ1n) is 4.77. The van der Waals surface area contributed by atoms with Crippen molar-refractivity contribution < 1.29 is 9.53 Å². The Labute approximate surface area is 98.8 Å². The Balaban J connectivity index is 3.21. The molecule has 2 nitrogen and oxygen atoms in total. The number of hydrogen-bond acceptors (Lipinski definition) is 2. The number of ether oxygens (including phenoxy) is 1. The molecule has 1 aromatic carbocycles. The fraction of sp³-hybridized carbons (Fsp3) is 0.417. The highest BCUT2D eigenvalue weighted by Gasteiger charge is 2.16. The fourth-order valence-electron chi connectivity index (χ4n) is 1.52. The highest BCUT2D eigenvalue weighted by atomic mass is 79.9. The minimum atomic E-state index is -0.220. The zero-order valence-electron chi connectivity index (χ0n) is 9.43. The van der Waals surface area contributed by atoms with Crippen LogP contribution in [-0.2, 0) is 4.79 Å². The Hall–Kier alpha value is -0.830. The van der Waals surface area contributed by atoms with E-state index in [1.54, 1.807) is 14.0 Å². The summed E-state index contributed by atoms with van der Waals surface area (Å²) in [4.78, 5) is 11.1. The van der Waals surface area contributed by atoms with Crippen molar-refractivity contribution in [2.24, 2.45) is 0 Å². The summed E-state index contributed by atoms with van der Waals surface area (Å²) in [5.41, 5.74) is 3.12. The molecule has 0 saturated heterocycles. The number of carbonyl (C=O) groups excluding carboxylic acids is 1. The molecule has 0 amide bonds. The lowest BCUT2D eigenvalue weighted by molar-refractivity contribution is -0.116. The van der Waals surface area contributed by atoms with Crippen molar-refractivity contribution in [1.82, 2.24) is 0 Å². The summed E-state index contributed by atoms with van der Waals surface area (Å²) in [5, 5.41) is 0. The summed E-state index contributed by atoms with van der Waals surface area (Å²) in [5.74, 6) is 0.974. The number of benzene rings is 1. The molecule has 0 radical (unpaired) electrons. The number of halogens is 1. The molecule has 0 saturated carbocycles. The lowest BCUT2D eigenvalue weighted by atomic mass is 10.0. The summed E-state index contributed by atoms with van der Waals surface area (Å²) in [6, 6.07) is 3.96. The number of hydrogen-bond donors (Lipinski definition) is 0. The molecule has 0 aliphatic carbocycles. The Bertz CT molecular complexity index is 385. The number of methoxy groups -OCH3 is 1. The molecule has 0 aliphatic rings. The third kappa shape index (κ3) is 2.59. The Morgan fingerprint density at radius 3 is 2.40 bits per heavy atom. The van der Waals surface area contributed by atoms with E-state index < -0.39 is 0 Å². The third-order valence-electron chi connectivity index (χ3n) is 2.41. The molecule has 0 fully saturated rings. The van der Waals surface area contributed by atoms with Crippen LogP contribution in [0, 0.1) is 13.8 Å². The van der Waals surface area contributed by atoms with Gasteiger partial charge in [0.1, 0.15) is 11.5 Å². The number of aryl methyl sites for hydroxylation is 2. The normalized spacial score (nSPS) is 12.3. The molecular weight excluding hydrogens is 256 g/mol. The SMILES string of the molecule is COc1cc(C)c(C(Br)C(C)=O)cc1C. The lowest BCUT2D eigenvalue weighted by Crippen LogP contribution is -2.04. The maximum absolute atomic E-state index is 11.3. The number of alkyl halides is 1. The molecule has 1 unspecified atom stereocenters. The summed E-state index contributed by atoms with van der Waals surface area (Å²) < 4.78 is 5.22. The topological polar surface area (TPSA) is 26.3 Å². The van der Waals surface area contributed by atoms with Crippen molar-refractivity contribution in [1.29, 1.82) is 0 Å². The molecule has 3 heteroatoms. The maximum atomic E-state index is 11.3. The van der Waals surface area contributed by atoms with Gasteiger partial charge in [0.2, 0.25) is 0 Å². The van der Waals surface area contributed by atoms with E-state index in [1.165, 1.54) is 0 Å². The number of Topliss-reactive ketones (excluding diaryl/α,β-unsaturated/α-hetero) is 1. The summed E-state index contributed by atoms with van der Waals surface area (Å²) in [6.07, 6.45) is 0. The molecule has 1 atom stereocenters. The molecule has 1 rings (SSSR count). The summed E-state index contributed by atoms with van der Waals surface area (Å²) >= 11 is 3.39. The lowest BCUT2D eigenvalue weighted by Gasteiger charge is -2.13. The predicted octanol–water partition coefficient (Wildman–Crippen LogP) is 3.34. The van der Waals surface area contributed by atoms with Gasteiger partial charge in [0.25, 0.3) is 0 Å². The van der Waals surface area contributed by atoms with E-state index in [0.717, 1.165) is 22.4 Å². The second-order valence-electron chi connectivity index (χ2n) is 3.65. The van der Waals surface area contributed by atoms with E-state index in [1.807, 2.05) is 26.0 Å². The van der Waals surface area contributed by atoms with Crippen LogP contribution < -0.4 is 4.74 Å². The van der Waals surface area contributed by atoms with Crippen molar-refractivity contribution in [3.8, 4) is 5.75 Å². The van der Waals surface area contributed by atoms with Crippen molar-refractivity contribution in [3.05, 3.63) is 28.8 Å². The van der Waals surface area contributed by atoms with Gasteiger partial charge in [-0.15, -0.1) is 0 Å². The molecule has 0 heterocycles. The van der Waals surface area contributed by atoms with E-state index in [4.69, 9.17) is 4.74 Å². The van der Waals surface area contributed by atoms with Crippen molar-refractivity contribution in [3.63, 3.8) is 0 Å². The summed E-state index contributed by atoms with van der Waals surface area (Å²) in [7, 11) is 1.65. The minimum absolute atomic E-state index is 0.114. The zero-order chi connectivity index (χ0) is 11.6. The van der Waals surface area contributed by atoms with E-state index in [-0.39, 0.29) is 10.6 Å². The highest BCUT2D eigenvalue weighted by molar-refractivity contribution is 9.09. The minimum Gasteiger partial charge on any atom is -0.496 e. The molecule has 0 aliphatic heterocycles. The Kier molecular flexibility index (Phi) is 3.91. The van der Waals surface area contributed by atoms with Gasteiger partial charge in [-0.25, -0.2) is 0 Å². The zero-order valence-corrected chi connectivity index (χ0v) is 11.0. The van der Waals surface area contributed by atoms with Gasteiger partial charge < -0.3 is 4.74 Å². The highest BCUT2D eigenvalue weighted by Crippen LogP contribution is 2.31. The van der Waals surface area contributed by atoms with Gasteiger partial charge in [-0.1, -0.05) is 22.0 Å². The first-order valence-corrected chi connectivity index (χ1v) is 5.68. The van der Waals surface area contributed by atoms with Crippen LogP contribution in [0.25, 0.3) is 0 Å². The van der Waals surface area contributed by atoms with Crippen LogP contribution in [0.3, 0.4) is 0 Å². The van der Waals surface area contributed by atoms with Gasteiger partial charge in [-0.05, 0) is 43.5 Å². The standard InChI is InChI=1S/C12H15BrO2/c1-7-6-11(15-4)8(2)5-10(7)12(13)9(3)14/h5-6,12H,1-4H3. The van der Waals surface area contributed by atoms with Crippen molar-refractivity contribution in [2.45, 2.75) is 25.6 Å². The molecule has 82 valence electrons. The van der Waals surface area contributed by atoms with Crippen LogP contribution in [0.2, 0.25) is 0 Å². The summed E-state index contributed by atoms with van der Waals surface area (Å²) in [6.45, 7) is 5.54. The van der Waals surface area contributed by atoms with Gasteiger partial charge in [-0.3, -0.25) is 4.79 Å². The van der Waals surface area contributed by atoms with Crippen LogP contribution in [-0.4, -0.2) is 12.9 Å². The molecular formula is C12H15BrO2. The first kappa shape index (κ1) is 12.2. The second kappa shape index (κ2) is 4.79. The molecule has 15 heavy (non-hydrogen) atoms. The smallest absolute Gasteiger partial charge is 0.147 e. The molecule has 0 bridgehead atoms. The van der Waals surface area contributed by atoms with E-state index in [2.05, 4.69) is 15.9 Å². The van der Waals surface area contributed by atoms with Crippen LogP contribution in [0.4, 0.5) is 0 Å². The van der Waals surface area contributed by atoms with Crippen LogP contribution in [0.1, 0.15) is 28.4 Å². The quantitative estimate of drug-likeness (QED) is 0.788. The molecule has 0 N–H and O–H groups in total. The van der Waals surface area contributed by atoms with Crippen LogP contribution in [0.15, 0.2) is 12.1 Å². The Morgan fingerprint density at radius 1 is 1.33 bits per heavy atom. The monoisotopic (exact) mass is 270 g/mol. The van der Waals surface area contributed by atoms with Gasteiger partial charge in [0.05, 0.1) is 11.9 Å². The van der Waals surface area contributed by atoms with Crippen LogP contribution >= 0.6 is 15.9 Å².